The zero-order valence-electron chi connectivity index (χ0n) is 7.82. The summed E-state index contributed by atoms with van der Waals surface area (Å²) in [6.07, 6.45) is 4.25. The van der Waals surface area contributed by atoms with Gasteiger partial charge in [0, 0.05) is 11.4 Å². The second kappa shape index (κ2) is 6.22. The van der Waals surface area contributed by atoms with Crippen molar-refractivity contribution in [2.45, 2.75) is 6.42 Å². The number of hydrogen-bond donors (Lipinski definition) is 0. The first-order valence-electron chi connectivity index (χ1n) is 4.34. The van der Waals surface area contributed by atoms with Gasteiger partial charge in [0.15, 0.2) is 0 Å². The second-order valence-electron chi connectivity index (χ2n) is 2.70. The third-order valence-electron chi connectivity index (χ3n) is 1.56. The quantitative estimate of drug-likeness (QED) is 0.316. The highest BCUT2D eigenvalue weighted by molar-refractivity contribution is 6.30. The predicted octanol–water partition coefficient (Wildman–Crippen LogP) is 3.27. The predicted molar refractivity (Wildman–Crippen MR) is 59.8 cm³/mol. The molecule has 0 heterocycles. The van der Waals surface area contributed by atoms with Crippen molar-refractivity contribution in [2.24, 2.45) is 5.16 Å². The van der Waals surface area contributed by atoms with Gasteiger partial charge in [0.2, 0.25) is 0 Å². The maximum absolute atomic E-state index is 5.73. The summed E-state index contributed by atoms with van der Waals surface area (Å²) in [5, 5.41) is 4.51. The molecule has 0 saturated carbocycles. The highest BCUT2D eigenvalue weighted by Crippen LogP contribution is 2.07. The van der Waals surface area contributed by atoms with Crippen molar-refractivity contribution in [3.05, 3.63) is 47.5 Å². The lowest BCUT2D eigenvalue weighted by Crippen LogP contribution is -1.86. The summed E-state index contributed by atoms with van der Waals surface area (Å²) < 4.78 is 0. The van der Waals surface area contributed by atoms with Crippen molar-refractivity contribution in [3.8, 4) is 0 Å². The fraction of sp³-hybridized carbons (Fsp3) is 0.182. The Kier molecular flexibility index (Phi) is 4.79. The van der Waals surface area contributed by atoms with Gasteiger partial charge in [-0.05, 0) is 17.7 Å². The van der Waals surface area contributed by atoms with Gasteiger partial charge >= 0.3 is 0 Å². The largest absolute Gasteiger partial charge is 0.395 e. The minimum atomic E-state index is 0.563. The van der Waals surface area contributed by atoms with E-state index in [9.17, 15) is 0 Å². The molecule has 14 heavy (non-hydrogen) atoms. The molecular weight excluding hydrogens is 198 g/mol. The molecule has 0 unspecified atom stereocenters. The standard InChI is InChI=1S/C11H12ClNO/c1-2-3-8-14-13-9-10-4-6-11(12)7-5-10/h2,4-7,9H,1,3,8H2. The van der Waals surface area contributed by atoms with Crippen molar-refractivity contribution in [1.29, 1.82) is 0 Å². The number of benzene rings is 1. The van der Waals surface area contributed by atoms with E-state index in [4.69, 9.17) is 16.4 Å². The number of nitrogens with zero attached hydrogens (tertiary/aromatic N) is 1. The summed E-state index contributed by atoms with van der Waals surface area (Å²) in [5.74, 6) is 0. The minimum Gasteiger partial charge on any atom is -0.395 e. The van der Waals surface area contributed by atoms with Gasteiger partial charge in [0.25, 0.3) is 0 Å². The van der Waals surface area contributed by atoms with Gasteiger partial charge in [-0.3, -0.25) is 0 Å². The highest BCUT2D eigenvalue weighted by Gasteiger charge is 1.88. The monoisotopic (exact) mass is 209 g/mol. The maximum Gasteiger partial charge on any atom is 0.120 e. The van der Waals surface area contributed by atoms with Crippen molar-refractivity contribution in [1.82, 2.24) is 0 Å². The molecule has 0 bridgehead atoms. The zero-order valence-corrected chi connectivity index (χ0v) is 8.57. The Labute approximate surface area is 88.8 Å². The molecule has 0 aliphatic heterocycles. The molecule has 0 fully saturated rings. The van der Waals surface area contributed by atoms with E-state index < -0.39 is 0 Å². The van der Waals surface area contributed by atoms with Gasteiger partial charge in [-0.15, -0.1) is 6.58 Å². The molecule has 74 valence electrons. The lowest BCUT2D eigenvalue weighted by molar-refractivity contribution is 0.151. The second-order valence-corrected chi connectivity index (χ2v) is 3.13. The van der Waals surface area contributed by atoms with Crippen LogP contribution in [0.3, 0.4) is 0 Å². The van der Waals surface area contributed by atoms with Crippen molar-refractivity contribution in [2.75, 3.05) is 6.61 Å². The van der Waals surface area contributed by atoms with E-state index in [1.54, 1.807) is 12.3 Å². The van der Waals surface area contributed by atoms with Gasteiger partial charge in [0.1, 0.15) is 6.61 Å². The lowest BCUT2D eigenvalue weighted by Gasteiger charge is -1.95. The Morgan fingerprint density at radius 2 is 2.07 bits per heavy atom. The van der Waals surface area contributed by atoms with E-state index in [2.05, 4.69) is 11.7 Å². The van der Waals surface area contributed by atoms with Crippen LogP contribution in [0.25, 0.3) is 0 Å². The molecule has 0 atom stereocenters. The van der Waals surface area contributed by atoms with Crippen LogP contribution in [0.5, 0.6) is 0 Å². The zero-order chi connectivity index (χ0) is 10.2. The van der Waals surface area contributed by atoms with Crippen molar-refractivity contribution in [3.63, 3.8) is 0 Å². The molecule has 1 aromatic carbocycles. The first-order chi connectivity index (χ1) is 6.83. The first kappa shape index (κ1) is 10.8. The minimum absolute atomic E-state index is 0.563. The van der Waals surface area contributed by atoms with Gasteiger partial charge in [0.05, 0.1) is 6.21 Å². The summed E-state index contributed by atoms with van der Waals surface area (Å²) in [7, 11) is 0. The average molecular weight is 210 g/mol. The van der Waals surface area contributed by atoms with E-state index in [-0.39, 0.29) is 0 Å². The van der Waals surface area contributed by atoms with E-state index in [0.717, 1.165) is 17.0 Å². The summed E-state index contributed by atoms with van der Waals surface area (Å²) in [5.41, 5.74) is 0.966. The van der Waals surface area contributed by atoms with Gasteiger partial charge in [-0.1, -0.05) is 35.0 Å². The van der Waals surface area contributed by atoms with E-state index in [1.807, 2.05) is 24.3 Å². The number of oxime groups is 1. The van der Waals surface area contributed by atoms with E-state index >= 15 is 0 Å². The third-order valence-corrected chi connectivity index (χ3v) is 1.81. The molecule has 0 amide bonds. The fourth-order valence-corrected chi connectivity index (χ4v) is 0.962. The molecule has 1 rings (SSSR count). The number of hydrogen-bond acceptors (Lipinski definition) is 2. The molecule has 0 N–H and O–H groups in total. The molecule has 2 nitrogen and oxygen atoms in total. The molecule has 0 radical (unpaired) electrons. The first-order valence-corrected chi connectivity index (χ1v) is 4.72. The molecule has 3 heteroatoms. The molecule has 0 aromatic heterocycles. The fourth-order valence-electron chi connectivity index (χ4n) is 0.836. The van der Waals surface area contributed by atoms with Crippen LogP contribution < -0.4 is 0 Å². The Balaban J connectivity index is 2.36. The Hall–Kier alpha value is -1.28. The third kappa shape index (κ3) is 4.10. The SMILES string of the molecule is C=CCCON=Cc1ccc(Cl)cc1. The Bertz CT molecular complexity index is 306. The van der Waals surface area contributed by atoms with Crippen LogP contribution in [-0.4, -0.2) is 12.8 Å². The van der Waals surface area contributed by atoms with E-state index in [0.29, 0.717) is 6.61 Å². The molecule has 0 spiro atoms. The molecular formula is C11H12ClNO. The van der Waals surface area contributed by atoms with E-state index in [1.165, 1.54) is 0 Å². The van der Waals surface area contributed by atoms with Crippen LogP contribution in [0.2, 0.25) is 5.02 Å². The summed E-state index contributed by atoms with van der Waals surface area (Å²) in [4.78, 5) is 4.97. The van der Waals surface area contributed by atoms with Crippen molar-refractivity contribution < 1.29 is 4.84 Å². The maximum atomic E-state index is 5.73. The molecule has 0 saturated heterocycles. The average Bonchev–Trinajstić information content (AvgIpc) is 2.21. The Morgan fingerprint density at radius 1 is 1.36 bits per heavy atom. The number of rotatable bonds is 5. The molecule has 0 aliphatic carbocycles. The van der Waals surface area contributed by atoms with Gasteiger partial charge < -0.3 is 4.84 Å². The number of halogens is 1. The van der Waals surface area contributed by atoms with Gasteiger partial charge in [-0.25, -0.2) is 0 Å². The molecule has 0 aliphatic rings. The highest BCUT2D eigenvalue weighted by atomic mass is 35.5. The topological polar surface area (TPSA) is 21.6 Å². The van der Waals surface area contributed by atoms with Crippen LogP contribution in [-0.2, 0) is 4.84 Å². The summed E-state index contributed by atoms with van der Waals surface area (Å²) in [6, 6.07) is 7.38. The van der Waals surface area contributed by atoms with Crippen LogP contribution in [0, 0.1) is 0 Å². The Morgan fingerprint density at radius 3 is 2.71 bits per heavy atom. The smallest absolute Gasteiger partial charge is 0.120 e. The van der Waals surface area contributed by atoms with Crippen LogP contribution in [0.15, 0.2) is 42.1 Å². The van der Waals surface area contributed by atoms with Crippen molar-refractivity contribution >= 4 is 17.8 Å². The van der Waals surface area contributed by atoms with Crippen LogP contribution >= 0.6 is 11.6 Å². The summed E-state index contributed by atoms with van der Waals surface area (Å²) >= 11 is 5.73. The van der Waals surface area contributed by atoms with Crippen LogP contribution in [0.4, 0.5) is 0 Å². The normalized spacial score (nSPS) is 10.4. The van der Waals surface area contributed by atoms with Crippen LogP contribution in [0.1, 0.15) is 12.0 Å². The molecule has 1 aromatic rings. The lowest BCUT2D eigenvalue weighted by atomic mass is 10.2. The van der Waals surface area contributed by atoms with Gasteiger partial charge in [-0.2, -0.15) is 0 Å². The summed E-state index contributed by atoms with van der Waals surface area (Å²) in [6.45, 7) is 4.14.